The fourth-order valence-electron chi connectivity index (χ4n) is 3.50. The number of thioether (sulfide) groups is 1. The predicted octanol–water partition coefficient (Wildman–Crippen LogP) is 4.89. The lowest BCUT2D eigenvalue weighted by molar-refractivity contribution is -0.116. The summed E-state index contributed by atoms with van der Waals surface area (Å²) in [4.78, 5) is 13.6. The van der Waals surface area contributed by atoms with Crippen LogP contribution in [0.15, 0.2) is 77.7 Å². The molecule has 1 aliphatic rings. The van der Waals surface area contributed by atoms with Crippen LogP contribution in [0.1, 0.15) is 18.4 Å². The van der Waals surface area contributed by atoms with Crippen LogP contribution in [-0.2, 0) is 20.6 Å². The molecule has 0 unspecified atom stereocenters. The molecular weight excluding hydrogens is 472 g/mol. The van der Waals surface area contributed by atoms with Crippen molar-refractivity contribution >= 4 is 39.1 Å². The van der Waals surface area contributed by atoms with Gasteiger partial charge in [-0.05, 0) is 48.4 Å². The number of carbonyl (C=O) groups is 1. The Morgan fingerprint density at radius 2 is 1.74 bits per heavy atom. The number of amides is 1. The van der Waals surface area contributed by atoms with Gasteiger partial charge in [-0.15, -0.1) is 11.8 Å². The molecule has 1 heterocycles. The van der Waals surface area contributed by atoms with Gasteiger partial charge in [-0.2, -0.15) is 0 Å². The van der Waals surface area contributed by atoms with Crippen LogP contribution >= 0.6 is 11.8 Å². The standard InChI is InChI=1S/C25H26N2O5S2/c1-34(29,30)27(21-13-14-23-24(16-21)32-18-31-23)15-5-8-25(28)26-20-11-9-19(10-12-20)17-33-22-6-3-2-4-7-22/h2-4,6-7,9-14,16H,5,8,15,17-18H2,1H3,(H,26,28). The summed E-state index contributed by atoms with van der Waals surface area (Å²) in [6.45, 7) is 0.298. The maximum atomic E-state index is 12.4. The van der Waals surface area contributed by atoms with Crippen molar-refractivity contribution in [2.24, 2.45) is 0 Å². The average molecular weight is 499 g/mol. The zero-order chi connectivity index (χ0) is 24.0. The van der Waals surface area contributed by atoms with Gasteiger partial charge in [-0.3, -0.25) is 9.10 Å². The second-order valence-corrected chi connectivity index (χ2v) is 10.8. The van der Waals surface area contributed by atoms with E-state index in [1.807, 2.05) is 42.5 Å². The Bertz CT molecular complexity index is 1230. The van der Waals surface area contributed by atoms with Crippen LogP contribution in [0, 0.1) is 0 Å². The van der Waals surface area contributed by atoms with Crippen molar-refractivity contribution in [3.05, 3.63) is 78.4 Å². The topological polar surface area (TPSA) is 84.9 Å². The van der Waals surface area contributed by atoms with Gasteiger partial charge in [0.05, 0.1) is 11.9 Å². The smallest absolute Gasteiger partial charge is 0.232 e. The molecule has 3 aromatic carbocycles. The Morgan fingerprint density at radius 1 is 1.00 bits per heavy atom. The number of sulfonamides is 1. The first-order chi connectivity index (χ1) is 16.4. The van der Waals surface area contributed by atoms with Gasteiger partial charge in [-0.1, -0.05) is 30.3 Å². The molecule has 0 radical (unpaired) electrons. The molecule has 7 nitrogen and oxygen atoms in total. The number of fused-ring (bicyclic) bond motifs is 1. The molecule has 0 aliphatic carbocycles. The molecule has 0 aromatic heterocycles. The van der Waals surface area contributed by atoms with Crippen LogP contribution in [0.4, 0.5) is 11.4 Å². The Balaban J connectivity index is 1.27. The SMILES string of the molecule is CS(=O)(=O)N(CCCC(=O)Nc1ccc(CSc2ccccc2)cc1)c1ccc2c(c1)OCO2. The second-order valence-electron chi connectivity index (χ2n) is 7.82. The largest absolute Gasteiger partial charge is 0.454 e. The average Bonchev–Trinajstić information content (AvgIpc) is 3.29. The van der Waals surface area contributed by atoms with E-state index in [-0.39, 0.29) is 25.7 Å². The van der Waals surface area contributed by atoms with Gasteiger partial charge < -0.3 is 14.8 Å². The summed E-state index contributed by atoms with van der Waals surface area (Å²) in [6.07, 6.45) is 1.72. The Hall–Kier alpha value is -3.17. The molecule has 0 saturated heterocycles. The van der Waals surface area contributed by atoms with Gasteiger partial charge >= 0.3 is 0 Å². The number of rotatable bonds is 10. The van der Waals surface area contributed by atoms with E-state index >= 15 is 0 Å². The summed E-state index contributed by atoms with van der Waals surface area (Å²) in [6, 6.07) is 23.0. The summed E-state index contributed by atoms with van der Waals surface area (Å²) in [5, 5.41) is 2.88. The monoisotopic (exact) mass is 498 g/mol. The summed E-state index contributed by atoms with van der Waals surface area (Å²) < 4.78 is 36.6. The highest BCUT2D eigenvalue weighted by Crippen LogP contribution is 2.36. The molecule has 4 rings (SSSR count). The van der Waals surface area contributed by atoms with E-state index in [2.05, 4.69) is 17.4 Å². The third-order valence-corrected chi connectivity index (χ3v) is 7.47. The Labute approximate surface area is 204 Å². The molecule has 0 fully saturated rings. The first-order valence-electron chi connectivity index (χ1n) is 10.8. The lowest BCUT2D eigenvalue weighted by atomic mass is 10.2. The summed E-state index contributed by atoms with van der Waals surface area (Å²) in [5.41, 5.74) is 2.37. The van der Waals surface area contributed by atoms with Crippen molar-refractivity contribution < 1.29 is 22.7 Å². The maximum absolute atomic E-state index is 12.4. The van der Waals surface area contributed by atoms with Gasteiger partial charge in [0.25, 0.3) is 0 Å². The fourth-order valence-corrected chi connectivity index (χ4v) is 5.33. The molecule has 0 atom stereocenters. The zero-order valence-corrected chi connectivity index (χ0v) is 20.4. The lowest BCUT2D eigenvalue weighted by Gasteiger charge is -2.22. The van der Waals surface area contributed by atoms with Crippen LogP contribution in [-0.4, -0.2) is 33.9 Å². The first kappa shape index (κ1) is 24.0. The molecule has 1 N–H and O–H groups in total. The highest BCUT2D eigenvalue weighted by atomic mass is 32.2. The fraction of sp³-hybridized carbons (Fsp3) is 0.240. The predicted molar refractivity (Wildman–Crippen MR) is 135 cm³/mol. The molecule has 1 amide bonds. The number of carbonyl (C=O) groups excluding carboxylic acids is 1. The summed E-state index contributed by atoms with van der Waals surface area (Å²) in [5.74, 6) is 1.78. The van der Waals surface area contributed by atoms with E-state index in [4.69, 9.17) is 9.47 Å². The quantitative estimate of drug-likeness (QED) is 0.401. The molecule has 0 bridgehead atoms. The van der Waals surface area contributed by atoms with Crippen molar-refractivity contribution in [2.75, 3.05) is 29.2 Å². The van der Waals surface area contributed by atoms with Gasteiger partial charge in [0, 0.05) is 35.4 Å². The van der Waals surface area contributed by atoms with Crippen LogP contribution < -0.4 is 19.1 Å². The molecule has 3 aromatic rings. The molecule has 178 valence electrons. The molecule has 0 saturated carbocycles. The number of benzene rings is 3. The van der Waals surface area contributed by atoms with E-state index in [0.29, 0.717) is 29.3 Å². The Kier molecular flexibility index (Phi) is 7.64. The van der Waals surface area contributed by atoms with Gasteiger partial charge in [0.15, 0.2) is 11.5 Å². The van der Waals surface area contributed by atoms with Crippen LogP contribution in [0.25, 0.3) is 0 Å². The maximum Gasteiger partial charge on any atom is 0.232 e. The molecule has 9 heteroatoms. The van der Waals surface area contributed by atoms with Crippen molar-refractivity contribution in [3.8, 4) is 11.5 Å². The third kappa shape index (κ3) is 6.45. The number of ether oxygens (including phenoxy) is 2. The van der Waals surface area contributed by atoms with E-state index in [9.17, 15) is 13.2 Å². The zero-order valence-electron chi connectivity index (χ0n) is 18.8. The normalized spacial score (nSPS) is 12.4. The molecule has 0 spiro atoms. The minimum atomic E-state index is -3.52. The highest BCUT2D eigenvalue weighted by molar-refractivity contribution is 7.98. The first-order valence-corrected chi connectivity index (χ1v) is 13.7. The van der Waals surface area contributed by atoms with E-state index in [0.717, 1.165) is 12.0 Å². The second kappa shape index (κ2) is 10.8. The third-order valence-electron chi connectivity index (χ3n) is 5.20. The van der Waals surface area contributed by atoms with Crippen LogP contribution in [0.5, 0.6) is 11.5 Å². The van der Waals surface area contributed by atoms with E-state index in [1.165, 1.54) is 14.8 Å². The summed E-state index contributed by atoms with van der Waals surface area (Å²) >= 11 is 1.76. The van der Waals surface area contributed by atoms with E-state index in [1.54, 1.807) is 30.0 Å². The van der Waals surface area contributed by atoms with Gasteiger partial charge in [-0.25, -0.2) is 8.42 Å². The minimum absolute atomic E-state index is 0.116. The number of nitrogens with one attached hydrogen (secondary N) is 1. The number of hydrogen-bond acceptors (Lipinski definition) is 6. The van der Waals surface area contributed by atoms with Crippen molar-refractivity contribution in [1.82, 2.24) is 0 Å². The van der Waals surface area contributed by atoms with Gasteiger partial charge in [0.1, 0.15) is 0 Å². The number of anilines is 2. The van der Waals surface area contributed by atoms with Crippen molar-refractivity contribution in [2.45, 2.75) is 23.5 Å². The molecular formula is C25H26N2O5S2. The Morgan fingerprint density at radius 3 is 2.47 bits per heavy atom. The van der Waals surface area contributed by atoms with Crippen molar-refractivity contribution in [3.63, 3.8) is 0 Å². The van der Waals surface area contributed by atoms with Crippen LogP contribution in [0.2, 0.25) is 0 Å². The lowest BCUT2D eigenvalue weighted by Crippen LogP contribution is -2.31. The number of nitrogens with zero attached hydrogens (tertiary/aromatic N) is 1. The molecule has 1 aliphatic heterocycles. The van der Waals surface area contributed by atoms with Gasteiger partial charge in [0.2, 0.25) is 22.7 Å². The number of hydrogen-bond donors (Lipinski definition) is 1. The minimum Gasteiger partial charge on any atom is -0.454 e. The van der Waals surface area contributed by atoms with Crippen molar-refractivity contribution in [1.29, 1.82) is 0 Å². The molecule has 34 heavy (non-hydrogen) atoms. The van der Waals surface area contributed by atoms with E-state index < -0.39 is 10.0 Å². The highest BCUT2D eigenvalue weighted by Gasteiger charge is 2.21. The van der Waals surface area contributed by atoms with Crippen LogP contribution in [0.3, 0.4) is 0 Å². The summed E-state index contributed by atoms with van der Waals surface area (Å²) in [7, 11) is -3.52.